The number of carbonyl (C=O) groups is 1. The second-order valence-electron chi connectivity index (χ2n) is 6.46. The van der Waals surface area contributed by atoms with Crippen molar-refractivity contribution in [2.45, 2.75) is 33.2 Å². The third-order valence-electron chi connectivity index (χ3n) is 4.73. The SMILES string of the molecule is CCOC(=O)c1c(Cl)c2c(n1Cc1ccc(C)cc1)-c1oncc1CC2. The maximum absolute atomic E-state index is 12.6. The lowest BCUT2D eigenvalue weighted by Crippen LogP contribution is -2.15. The van der Waals surface area contributed by atoms with E-state index in [2.05, 4.69) is 29.4 Å². The quantitative estimate of drug-likeness (QED) is 0.637. The largest absolute Gasteiger partial charge is 0.461 e. The lowest BCUT2D eigenvalue weighted by Gasteiger charge is -2.15. The number of aromatic nitrogens is 2. The average Bonchev–Trinajstić information content (AvgIpc) is 3.20. The number of esters is 1. The van der Waals surface area contributed by atoms with Crippen LogP contribution in [0.3, 0.4) is 0 Å². The number of carbonyl (C=O) groups excluding carboxylic acids is 1. The van der Waals surface area contributed by atoms with Gasteiger partial charge in [0.15, 0.2) is 5.76 Å². The molecule has 0 aliphatic heterocycles. The standard InChI is InChI=1S/C20H19ClN2O3/c1-3-25-20(24)18-16(21)15-9-8-14-10-22-26-19(14)17(15)23(18)11-13-6-4-12(2)5-7-13/h4-7,10H,3,8-9,11H2,1-2H3. The molecule has 1 aliphatic carbocycles. The highest BCUT2D eigenvalue weighted by Crippen LogP contribution is 2.41. The van der Waals surface area contributed by atoms with Crippen LogP contribution in [0, 0.1) is 6.92 Å². The fraction of sp³-hybridized carbons (Fsp3) is 0.300. The summed E-state index contributed by atoms with van der Waals surface area (Å²) in [7, 11) is 0. The van der Waals surface area contributed by atoms with E-state index in [1.165, 1.54) is 5.56 Å². The number of aryl methyl sites for hydroxylation is 2. The third kappa shape index (κ3) is 2.72. The van der Waals surface area contributed by atoms with Crippen molar-refractivity contribution in [3.63, 3.8) is 0 Å². The van der Waals surface area contributed by atoms with E-state index in [4.69, 9.17) is 20.9 Å². The average molecular weight is 371 g/mol. The van der Waals surface area contributed by atoms with Gasteiger partial charge in [-0.3, -0.25) is 0 Å². The van der Waals surface area contributed by atoms with Gasteiger partial charge in [0.25, 0.3) is 0 Å². The number of benzene rings is 1. The molecule has 0 saturated heterocycles. The van der Waals surface area contributed by atoms with Gasteiger partial charge in [-0.1, -0.05) is 46.6 Å². The van der Waals surface area contributed by atoms with E-state index < -0.39 is 5.97 Å². The van der Waals surface area contributed by atoms with Crippen molar-refractivity contribution in [3.8, 4) is 11.5 Å². The van der Waals surface area contributed by atoms with Crippen LogP contribution in [0.1, 0.15) is 39.7 Å². The first-order valence-corrected chi connectivity index (χ1v) is 9.05. The Morgan fingerprint density at radius 1 is 1.31 bits per heavy atom. The topological polar surface area (TPSA) is 57.3 Å². The Labute approximate surface area is 156 Å². The number of halogens is 1. The highest BCUT2D eigenvalue weighted by atomic mass is 35.5. The van der Waals surface area contributed by atoms with E-state index >= 15 is 0 Å². The summed E-state index contributed by atoms with van der Waals surface area (Å²) in [5.41, 5.74) is 5.42. The number of rotatable bonds is 4. The van der Waals surface area contributed by atoms with Gasteiger partial charge in [0.05, 0.1) is 23.5 Å². The van der Waals surface area contributed by atoms with Crippen LogP contribution < -0.4 is 0 Å². The van der Waals surface area contributed by atoms with Gasteiger partial charge in [-0.2, -0.15) is 0 Å². The first-order valence-electron chi connectivity index (χ1n) is 8.67. The van der Waals surface area contributed by atoms with E-state index in [9.17, 15) is 4.79 Å². The van der Waals surface area contributed by atoms with E-state index in [0.717, 1.165) is 35.2 Å². The molecule has 0 fully saturated rings. The zero-order chi connectivity index (χ0) is 18.3. The fourth-order valence-corrected chi connectivity index (χ4v) is 3.82. The first-order chi connectivity index (χ1) is 12.6. The Balaban J connectivity index is 1.90. The first kappa shape index (κ1) is 16.9. The number of hydrogen-bond donors (Lipinski definition) is 0. The molecule has 5 nitrogen and oxygen atoms in total. The van der Waals surface area contributed by atoms with Crippen molar-refractivity contribution in [2.24, 2.45) is 0 Å². The molecule has 0 atom stereocenters. The maximum Gasteiger partial charge on any atom is 0.356 e. The molecule has 0 spiro atoms. The van der Waals surface area contributed by atoms with Gasteiger partial charge in [0, 0.05) is 17.7 Å². The van der Waals surface area contributed by atoms with Crippen LogP contribution in [0.4, 0.5) is 0 Å². The molecule has 2 aromatic heterocycles. The van der Waals surface area contributed by atoms with Crippen LogP contribution >= 0.6 is 11.6 Å². The Morgan fingerprint density at radius 3 is 2.81 bits per heavy atom. The molecule has 0 bridgehead atoms. The minimum absolute atomic E-state index is 0.295. The number of ether oxygens (including phenoxy) is 1. The zero-order valence-corrected chi connectivity index (χ0v) is 15.5. The van der Waals surface area contributed by atoms with E-state index in [0.29, 0.717) is 29.6 Å². The highest BCUT2D eigenvalue weighted by Gasteiger charge is 2.33. The van der Waals surface area contributed by atoms with Crippen molar-refractivity contribution < 1.29 is 14.1 Å². The van der Waals surface area contributed by atoms with Crippen LogP contribution in [-0.2, 0) is 24.1 Å². The van der Waals surface area contributed by atoms with Gasteiger partial charge in [-0.25, -0.2) is 4.79 Å². The molecule has 0 radical (unpaired) electrons. The Morgan fingerprint density at radius 2 is 2.08 bits per heavy atom. The van der Waals surface area contributed by atoms with Crippen LogP contribution in [0.15, 0.2) is 35.0 Å². The molecule has 0 amide bonds. The monoisotopic (exact) mass is 370 g/mol. The minimum atomic E-state index is -0.417. The summed E-state index contributed by atoms with van der Waals surface area (Å²) in [4.78, 5) is 12.6. The molecule has 134 valence electrons. The molecule has 1 aromatic carbocycles. The van der Waals surface area contributed by atoms with Gasteiger partial charge in [-0.05, 0) is 32.3 Å². The molecule has 6 heteroatoms. The molecule has 0 N–H and O–H groups in total. The smallest absolute Gasteiger partial charge is 0.356 e. The van der Waals surface area contributed by atoms with Crippen molar-refractivity contribution in [3.05, 3.63) is 63.4 Å². The number of nitrogens with zero attached hydrogens (tertiary/aromatic N) is 2. The number of fused-ring (bicyclic) bond motifs is 3. The van der Waals surface area contributed by atoms with Crippen molar-refractivity contribution >= 4 is 17.6 Å². The van der Waals surface area contributed by atoms with Gasteiger partial charge in [0.1, 0.15) is 5.69 Å². The predicted molar refractivity (Wildman–Crippen MR) is 98.6 cm³/mol. The number of hydrogen-bond acceptors (Lipinski definition) is 4. The summed E-state index contributed by atoms with van der Waals surface area (Å²) in [6, 6.07) is 8.21. The lowest BCUT2D eigenvalue weighted by atomic mass is 9.96. The Kier molecular flexibility index (Phi) is 4.32. The highest BCUT2D eigenvalue weighted by molar-refractivity contribution is 6.34. The van der Waals surface area contributed by atoms with Gasteiger partial charge in [0.2, 0.25) is 0 Å². The molecule has 3 aromatic rings. The van der Waals surface area contributed by atoms with Crippen molar-refractivity contribution in [2.75, 3.05) is 6.61 Å². The van der Waals surface area contributed by atoms with Gasteiger partial charge in [-0.15, -0.1) is 0 Å². The summed E-state index contributed by atoms with van der Waals surface area (Å²) < 4.78 is 12.7. The fourth-order valence-electron chi connectivity index (χ4n) is 3.45. The van der Waals surface area contributed by atoms with E-state index in [1.807, 2.05) is 11.5 Å². The molecule has 4 rings (SSSR count). The minimum Gasteiger partial charge on any atom is -0.461 e. The summed E-state index contributed by atoms with van der Waals surface area (Å²) in [6.07, 6.45) is 3.28. The van der Waals surface area contributed by atoms with Crippen LogP contribution in [-0.4, -0.2) is 22.3 Å². The Hall–Kier alpha value is -2.53. The predicted octanol–water partition coefficient (Wildman–Crippen LogP) is 4.43. The van der Waals surface area contributed by atoms with Crippen LogP contribution in [0.5, 0.6) is 0 Å². The third-order valence-corrected chi connectivity index (χ3v) is 5.14. The summed E-state index contributed by atoms with van der Waals surface area (Å²) in [6.45, 7) is 4.63. The zero-order valence-electron chi connectivity index (χ0n) is 14.7. The summed E-state index contributed by atoms with van der Waals surface area (Å²) >= 11 is 6.62. The van der Waals surface area contributed by atoms with E-state index in [-0.39, 0.29) is 0 Å². The van der Waals surface area contributed by atoms with Crippen molar-refractivity contribution in [1.82, 2.24) is 9.72 Å². The molecule has 0 saturated carbocycles. The lowest BCUT2D eigenvalue weighted by molar-refractivity contribution is 0.0515. The molecule has 2 heterocycles. The maximum atomic E-state index is 12.6. The van der Waals surface area contributed by atoms with Crippen LogP contribution in [0.2, 0.25) is 5.02 Å². The Bertz CT molecular complexity index is 970. The van der Waals surface area contributed by atoms with Gasteiger partial charge < -0.3 is 13.8 Å². The summed E-state index contributed by atoms with van der Waals surface area (Å²) in [5.74, 6) is 0.274. The second-order valence-corrected chi connectivity index (χ2v) is 6.84. The van der Waals surface area contributed by atoms with Crippen molar-refractivity contribution in [1.29, 1.82) is 0 Å². The molecular formula is C20H19ClN2O3. The molecule has 26 heavy (non-hydrogen) atoms. The second kappa shape index (κ2) is 6.65. The molecule has 0 unspecified atom stereocenters. The normalized spacial score (nSPS) is 12.6. The van der Waals surface area contributed by atoms with Crippen LogP contribution in [0.25, 0.3) is 11.5 Å². The summed E-state index contributed by atoms with van der Waals surface area (Å²) in [5, 5.41) is 4.39. The van der Waals surface area contributed by atoms with E-state index in [1.54, 1.807) is 13.1 Å². The molecule has 1 aliphatic rings. The molecular weight excluding hydrogens is 352 g/mol. The van der Waals surface area contributed by atoms with Gasteiger partial charge >= 0.3 is 5.97 Å².